The molecule has 0 aromatic heterocycles. The molecule has 0 N–H and O–H groups in total. The van der Waals surface area contributed by atoms with Crippen LogP contribution in [0.4, 0.5) is 4.39 Å². The molecule has 2 fully saturated rings. The fourth-order valence-corrected chi connectivity index (χ4v) is 3.51. The molecule has 1 atom stereocenters. The molecule has 22 heavy (non-hydrogen) atoms. The second kappa shape index (κ2) is 7.40. The first-order valence-corrected chi connectivity index (χ1v) is 8.13. The van der Waals surface area contributed by atoms with Crippen molar-refractivity contribution in [2.24, 2.45) is 0 Å². The Hall–Kier alpha value is -1.17. The zero-order valence-electron chi connectivity index (χ0n) is 13.3. The Morgan fingerprint density at radius 2 is 2.09 bits per heavy atom. The maximum atomic E-state index is 13.3. The summed E-state index contributed by atoms with van der Waals surface area (Å²) in [6.45, 7) is 6.77. The number of ether oxygens (including phenoxy) is 2. The molecule has 0 radical (unpaired) electrons. The highest BCUT2D eigenvalue weighted by Gasteiger charge is 2.26. The summed E-state index contributed by atoms with van der Waals surface area (Å²) in [7, 11) is 1.60. The SMILES string of the molecule is COc1cc(F)ccc1CN1CCC[C@@H](N2CCOCC2)C1. The molecule has 2 aliphatic heterocycles. The number of nitrogens with zero attached hydrogens (tertiary/aromatic N) is 2. The largest absolute Gasteiger partial charge is 0.496 e. The Morgan fingerprint density at radius 3 is 2.86 bits per heavy atom. The minimum absolute atomic E-state index is 0.245. The average molecular weight is 308 g/mol. The Bertz CT molecular complexity index is 492. The average Bonchev–Trinajstić information content (AvgIpc) is 2.57. The highest BCUT2D eigenvalue weighted by atomic mass is 19.1. The van der Waals surface area contributed by atoms with Gasteiger partial charge in [-0.3, -0.25) is 9.80 Å². The van der Waals surface area contributed by atoms with Crippen molar-refractivity contribution in [2.75, 3.05) is 46.5 Å². The van der Waals surface area contributed by atoms with Crippen LogP contribution in [0.1, 0.15) is 18.4 Å². The molecule has 0 aliphatic carbocycles. The second-order valence-corrected chi connectivity index (χ2v) is 6.14. The first-order valence-electron chi connectivity index (χ1n) is 8.13. The third kappa shape index (κ3) is 3.77. The van der Waals surface area contributed by atoms with E-state index in [4.69, 9.17) is 9.47 Å². The predicted molar refractivity (Wildman–Crippen MR) is 83.6 cm³/mol. The predicted octanol–water partition coefficient (Wildman–Crippen LogP) is 2.13. The molecule has 3 rings (SSSR count). The van der Waals surface area contributed by atoms with Gasteiger partial charge in [-0.15, -0.1) is 0 Å². The van der Waals surface area contributed by atoms with E-state index in [2.05, 4.69) is 9.80 Å². The summed E-state index contributed by atoms with van der Waals surface area (Å²) in [5.74, 6) is 0.402. The Balaban J connectivity index is 1.62. The van der Waals surface area contributed by atoms with Crippen molar-refractivity contribution in [3.05, 3.63) is 29.6 Å². The van der Waals surface area contributed by atoms with E-state index < -0.39 is 0 Å². The van der Waals surface area contributed by atoms with E-state index in [-0.39, 0.29) is 5.82 Å². The van der Waals surface area contributed by atoms with Gasteiger partial charge in [-0.1, -0.05) is 6.07 Å². The van der Waals surface area contributed by atoms with Gasteiger partial charge < -0.3 is 9.47 Å². The van der Waals surface area contributed by atoms with Crippen LogP contribution >= 0.6 is 0 Å². The van der Waals surface area contributed by atoms with Gasteiger partial charge in [0.25, 0.3) is 0 Å². The summed E-state index contributed by atoms with van der Waals surface area (Å²) in [5, 5.41) is 0. The number of hydrogen-bond donors (Lipinski definition) is 0. The van der Waals surface area contributed by atoms with Crippen molar-refractivity contribution in [3.63, 3.8) is 0 Å². The van der Waals surface area contributed by atoms with Crippen LogP contribution in [0.25, 0.3) is 0 Å². The Kier molecular flexibility index (Phi) is 5.28. The van der Waals surface area contributed by atoms with Crippen molar-refractivity contribution in [2.45, 2.75) is 25.4 Å². The molecule has 2 heterocycles. The normalized spacial score (nSPS) is 24.4. The van der Waals surface area contributed by atoms with Crippen molar-refractivity contribution in [1.29, 1.82) is 0 Å². The summed E-state index contributed by atoms with van der Waals surface area (Å²) in [5.41, 5.74) is 1.06. The molecule has 4 nitrogen and oxygen atoms in total. The molecule has 0 spiro atoms. The third-order valence-corrected chi connectivity index (χ3v) is 4.69. The number of likely N-dealkylation sites (tertiary alicyclic amines) is 1. The molecule has 2 saturated heterocycles. The maximum absolute atomic E-state index is 13.3. The van der Waals surface area contributed by atoms with E-state index in [9.17, 15) is 4.39 Å². The minimum atomic E-state index is -0.245. The van der Waals surface area contributed by atoms with Crippen LogP contribution in [0, 0.1) is 5.82 Å². The lowest BCUT2D eigenvalue weighted by Gasteiger charge is -2.41. The van der Waals surface area contributed by atoms with Crippen molar-refractivity contribution < 1.29 is 13.9 Å². The molecular formula is C17H25FN2O2. The van der Waals surface area contributed by atoms with Crippen molar-refractivity contribution in [3.8, 4) is 5.75 Å². The second-order valence-electron chi connectivity index (χ2n) is 6.14. The van der Waals surface area contributed by atoms with Crippen LogP contribution in [0.15, 0.2) is 18.2 Å². The van der Waals surface area contributed by atoms with Crippen molar-refractivity contribution in [1.82, 2.24) is 9.80 Å². The van der Waals surface area contributed by atoms with Gasteiger partial charge in [-0.2, -0.15) is 0 Å². The first-order chi connectivity index (χ1) is 10.8. The van der Waals surface area contributed by atoms with Gasteiger partial charge in [0.15, 0.2) is 0 Å². The molecule has 0 amide bonds. The van der Waals surface area contributed by atoms with Gasteiger partial charge in [0, 0.05) is 43.9 Å². The number of piperidine rings is 1. The van der Waals surface area contributed by atoms with Crippen LogP contribution in [-0.4, -0.2) is 62.3 Å². The van der Waals surface area contributed by atoms with E-state index in [1.807, 2.05) is 6.07 Å². The van der Waals surface area contributed by atoms with Gasteiger partial charge in [0.1, 0.15) is 11.6 Å². The molecule has 0 bridgehead atoms. The van der Waals surface area contributed by atoms with Crippen LogP contribution in [0.2, 0.25) is 0 Å². The topological polar surface area (TPSA) is 24.9 Å². The fourth-order valence-electron chi connectivity index (χ4n) is 3.51. The molecule has 1 aromatic rings. The fraction of sp³-hybridized carbons (Fsp3) is 0.647. The van der Waals surface area contributed by atoms with Gasteiger partial charge in [0.05, 0.1) is 20.3 Å². The molecular weight excluding hydrogens is 283 g/mol. The van der Waals surface area contributed by atoms with Crippen LogP contribution in [-0.2, 0) is 11.3 Å². The van der Waals surface area contributed by atoms with E-state index >= 15 is 0 Å². The van der Waals surface area contributed by atoms with E-state index in [0.29, 0.717) is 11.8 Å². The molecule has 2 aliphatic rings. The first kappa shape index (κ1) is 15.7. The smallest absolute Gasteiger partial charge is 0.126 e. The summed E-state index contributed by atoms with van der Waals surface area (Å²) in [6, 6.07) is 5.44. The van der Waals surface area contributed by atoms with Crippen LogP contribution in [0.5, 0.6) is 5.75 Å². The molecule has 0 saturated carbocycles. The Morgan fingerprint density at radius 1 is 1.27 bits per heavy atom. The molecule has 0 unspecified atom stereocenters. The van der Waals surface area contributed by atoms with Crippen LogP contribution in [0.3, 0.4) is 0 Å². The number of morpholine rings is 1. The van der Waals surface area contributed by atoms with E-state index in [1.54, 1.807) is 7.11 Å². The van der Waals surface area contributed by atoms with Crippen LogP contribution < -0.4 is 4.74 Å². The standard InChI is InChI=1S/C17H25FN2O2/c1-21-17-11-15(18)5-4-14(17)12-19-6-2-3-16(13-19)20-7-9-22-10-8-20/h4-5,11,16H,2-3,6-10,12-13H2,1H3/t16-/m1/s1. The lowest BCUT2D eigenvalue weighted by atomic mass is 10.0. The summed E-state index contributed by atoms with van der Waals surface area (Å²) >= 11 is 0. The van der Waals surface area contributed by atoms with Gasteiger partial charge in [0.2, 0.25) is 0 Å². The molecule has 122 valence electrons. The monoisotopic (exact) mass is 308 g/mol. The van der Waals surface area contributed by atoms with Gasteiger partial charge in [-0.05, 0) is 25.5 Å². The minimum Gasteiger partial charge on any atom is -0.496 e. The number of benzene rings is 1. The highest BCUT2D eigenvalue weighted by Crippen LogP contribution is 2.24. The highest BCUT2D eigenvalue weighted by molar-refractivity contribution is 5.34. The van der Waals surface area contributed by atoms with E-state index in [1.165, 1.54) is 25.0 Å². The summed E-state index contributed by atoms with van der Waals surface area (Å²) < 4.78 is 24.1. The van der Waals surface area contributed by atoms with Crippen molar-refractivity contribution >= 4 is 0 Å². The zero-order chi connectivity index (χ0) is 15.4. The van der Waals surface area contributed by atoms with Gasteiger partial charge in [-0.25, -0.2) is 4.39 Å². The Labute approximate surface area is 131 Å². The molecule has 1 aromatic carbocycles. The number of rotatable bonds is 4. The third-order valence-electron chi connectivity index (χ3n) is 4.69. The zero-order valence-corrected chi connectivity index (χ0v) is 13.3. The van der Waals surface area contributed by atoms with E-state index in [0.717, 1.165) is 51.5 Å². The summed E-state index contributed by atoms with van der Waals surface area (Å²) in [4.78, 5) is 5.01. The quantitative estimate of drug-likeness (QED) is 0.851. The number of halogens is 1. The number of methoxy groups -OCH3 is 1. The summed E-state index contributed by atoms with van der Waals surface area (Å²) in [6.07, 6.45) is 2.47. The molecule has 5 heteroatoms. The lowest BCUT2D eigenvalue weighted by molar-refractivity contribution is -0.00364. The maximum Gasteiger partial charge on any atom is 0.126 e. The number of hydrogen-bond acceptors (Lipinski definition) is 4. The van der Waals surface area contributed by atoms with Gasteiger partial charge >= 0.3 is 0 Å². The lowest BCUT2D eigenvalue weighted by Crippen LogP contribution is -2.51.